The molecular weight excluding hydrogens is 308 g/mol. The fourth-order valence-corrected chi connectivity index (χ4v) is 2.80. The van der Waals surface area contributed by atoms with Crippen molar-refractivity contribution in [1.82, 2.24) is 9.97 Å². The van der Waals surface area contributed by atoms with Gasteiger partial charge in [0.2, 0.25) is 5.28 Å². The van der Waals surface area contributed by atoms with Gasteiger partial charge >= 0.3 is 0 Å². The second-order valence-corrected chi connectivity index (χ2v) is 5.40. The number of aromatic nitrogens is 2. The molecule has 0 radical (unpaired) electrons. The van der Waals surface area contributed by atoms with Gasteiger partial charge in [-0.1, -0.05) is 11.6 Å². The van der Waals surface area contributed by atoms with Crippen LogP contribution in [-0.4, -0.2) is 9.97 Å². The molecule has 0 fully saturated rings. The Morgan fingerprint density at radius 1 is 1.16 bits per heavy atom. The van der Waals surface area contributed by atoms with Crippen LogP contribution in [0.15, 0.2) is 29.6 Å². The Morgan fingerprint density at radius 3 is 2.84 bits per heavy atom. The monoisotopic (exact) mass is 313 g/mol. The van der Waals surface area contributed by atoms with E-state index in [1.54, 1.807) is 0 Å². The lowest BCUT2D eigenvalue weighted by Gasteiger charge is -2.08. The van der Waals surface area contributed by atoms with Gasteiger partial charge in [0.25, 0.3) is 0 Å². The van der Waals surface area contributed by atoms with Crippen LogP contribution in [-0.2, 0) is 0 Å². The van der Waals surface area contributed by atoms with E-state index in [1.807, 2.05) is 11.4 Å². The Labute approximate surface area is 122 Å². The Kier molecular flexibility index (Phi) is 3.26. The molecule has 0 atom stereocenters. The molecule has 0 spiro atoms. The van der Waals surface area contributed by atoms with Crippen LogP contribution in [0.2, 0.25) is 10.3 Å². The first-order valence-electron chi connectivity index (χ1n) is 5.26. The largest absolute Gasteiger partial charge is 0.337 e. The van der Waals surface area contributed by atoms with Crippen LogP contribution in [0.25, 0.3) is 10.2 Å². The lowest BCUT2D eigenvalue weighted by molar-refractivity contribution is 0.632. The van der Waals surface area contributed by atoms with Gasteiger partial charge in [-0.25, -0.2) is 9.37 Å². The number of halogens is 3. The normalized spacial score (nSPS) is 10.9. The van der Waals surface area contributed by atoms with Crippen LogP contribution in [0.5, 0.6) is 0 Å². The molecule has 2 heterocycles. The van der Waals surface area contributed by atoms with E-state index in [0.29, 0.717) is 10.8 Å². The Bertz CT molecular complexity index is 760. The molecule has 3 aromatic rings. The van der Waals surface area contributed by atoms with E-state index in [2.05, 4.69) is 15.3 Å². The number of thiophene rings is 1. The molecule has 7 heteroatoms. The highest BCUT2D eigenvalue weighted by molar-refractivity contribution is 7.16. The molecule has 1 N–H and O–H groups in total. The first kappa shape index (κ1) is 12.6. The van der Waals surface area contributed by atoms with Crippen molar-refractivity contribution in [1.29, 1.82) is 0 Å². The molecule has 0 aliphatic carbocycles. The molecule has 0 bridgehead atoms. The van der Waals surface area contributed by atoms with Gasteiger partial charge < -0.3 is 5.32 Å². The third-order valence-electron chi connectivity index (χ3n) is 2.48. The van der Waals surface area contributed by atoms with Crippen molar-refractivity contribution in [2.24, 2.45) is 0 Å². The highest BCUT2D eigenvalue weighted by atomic mass is 35.5. The average molecular weight is 314 g/mol. The fourth-order valence-electron chi connectivity index (χ4n) is 1.65. The van der Waals surface area contributed by atoms with E-state index < -0.39 is 5.82 Å². The Balaban J connectivity index is 2.10. The van der Waals surface area contributed by atoms with Crippen molar-refractivity contribution in [3.8, 4) is 0 Å². The lowest BCUT2D eigenvalue weighted by Crippen LogP contribution is -1.98. The Hall–Kier alpha value is -1.43. The predicted molar refractivity (Wildman–Crippen MR) is 77.1 cm³/mol. The molecule has 1 aromatic carbocycles. The molecule has 19 heavy (non-hydrogen) atoms. The van der Waals surface area contributed by atoms with E-state index in [9.17, 15) is 4.39 Å². The Morgan fingerprint density at radius 2 is 2.00 bits per heavy atom. The molecule has 2 aromatic heterocycles. The van der Waals surface area contributed by atoms with Crippen LogP contribution in [0.3, 0.4) is 0 Å². The summed E-state index contributed by atoms with van der Waals surface area (Å²) < 4.78 is 13.7. The smallest absolute Gasteiger partial charge is 0.225 e. The van der Waals surface area contributed by atoms with Crippen LogP contribution in [0.4, 0.5) is 15.9 Å². The highest BCUT2D eigenvalue weighted by Gasteiger charge is 2.10. The fraction of sp³-hybridized carbons (Fsp3) is 0. The zero-order valence-corrected chi connectivity index (χ0v) is 11.7. The number of anilines is 2. The maximum absolute atomic E-state index is 13.7. The topological polar surface area (TPSA) is 37.8 Å². The molecular formula is C12H6Cl2FN3S. The van der Waals surface area contributed by atoms with Crippen molar-refractivity contribution in [2.45, 2.75) is 0 Å². The van der Waals surface area contributed by atoms with Gasteiger partial charge in [0.15, 0.2) is 0 Å². The molecule has 0 unspecified atom stereocenters. The van der Waals surface area contributed by atoms with E-state index in [4.69, 9.17) is 23.2 Å². The van der Waals surface area contributed by atoms with Crippen molar-refractivity contribution in [2.75, 3.05) is 5.32 Å². The summed E-state index contributed by atoms with van der Waals surface area (Å²) in [4.78, 5) is 8.91. The summed E-state index contributed by atoms with van der Waals surface area (Å²) in [7, 11) is 0. The third-order valence-corrected chi connectivity index (χ3v) is 3.69. The highest BCUT2D eigenvalue weighted by Crippen LogP contribution is 2.30. The van der Waals surface area contributed by atoms with Crippen LogP contribution >= 0.6 is 34.5 Å². The standard InChI is InChI=1S/C12H6Cl2FN3S/c13-6-1-2-8(15)9(5-6)16-10-7-3-4-19-11(7)18-12(14)17-10/h1-5H,(H,16,17,18). The first-order valence-corrected chi connectivity index (χ1v) is 6.90. The predicted octanol–water partition coefficient (Wildman–Crippen LogP) is 4.88. The zero-order chi connectivity index (χ0) is 13.4. The van der Waals surface area contributed by atoms with E-state index >= 15 is 0 Å². The lowest BCUT2D eigenvalue weighted by atomic mass is 10.3. The van der Waals surface area contributed by atoms with Crippen LogP contribution in [0.1, 0.15) is 0 Å². The summed E-state index contributed by atoms with van der Waals surface area (Å²) in [5, 5.41) is 6.10. The van der Waals surface area contributed by atoms with Gasteiger partial charge in [0, 0.05) is 5.02 Å². The maximum atomic E-state index is 13.7. The molecule has 0 amide bonds. The van der Waals surface area contributed by atoms with Gasteiger partial charge in [0.1, 0.15) is 16.5 Å². The zero-order valence-electron chi connectivity index (χ0n) is 9.32. The molecule has 96 valence electrons. The van der Waals surface area contributed by atoms with Gasteiger partial charge in [-0.05, 0) is 41.2 Å². The van der Waals surface area contributed by atoms with E-state index in [-0.39, 0.29) is 11.0 Å². The van der Waals surface area contributed by atoms with Gasteiger partial charge in [-0.15, -0.1) is 11.3 Å². The summed E-state index contributed by atoms with van der Waals surface area (Å²) in [6, 6.07) is 6.11. The van der Waals surface area contributed by atoms with Gasteiger partial charge in [-0.3, -0.25) is 0 Å². The SMILES string of the molecule is Fc1ccc(Cl)cc1Nc1nc(Cl)nc2sccc12. The number of hydrogen-bond acceptors (Lipinski definition) is 4. The van der Waals surface area contributed by atoms with Crippen LogP contribution in [0, 0.1) is 5.82 Å². The average Bonchev–Trinajstić information content (AvgIpc) is 2.82. The number of hydrogen-bond donors (Lipinski definition) is 1. The van der Waals surface area contributed by atoms with Crippen molar-refractivity contribution < 1.29 is 4.39 Å². The quantitative estimate of drug-likeness (QED) is 0.685. The summed E-state index contributed by atoms with van der Waals surface area (Å²) in [6.45, 7) is 0. The number of nitrogens with zero attached hydrogens (tertiary/aromatic N) is 2. The second-order valence-electron chi connectivity index (χ2n) is 3.73. The minimum atomic E-state index is -0.414. The van der Waals surface area contributed by atoms with Crippen LogP contribution < -0.4 is 5.32 Å². The van der Waals surface area contributed by atoms with E-state index in [0.717, 1.165) is 10.2 Å². The summed E-state index contributed by atoms with van der Waals surface area (Å²) in [6.07, 6.45) is 0. The maximum Gasteiger partial charge on any atom is 0.225 e. The minimum absolute atomic E-state index is 0.111. The number of nitrogens with one attached hydrogen (secondary N) is 1. The number of benzene rings is 1. The summed E-state index contributed by atoms with van der Waals surface area (Å²) >= 11 is 13.1. The number of rotatable bonds is 2. The van der Waals surface area contributed by atoms with Crippen molar-refractivity contribution in [3.63, 3.8) is 0 Å². The van der Waals surface area contributed by atoms with Gasteiger partial charge in [0.05, 0.1) is 11.1 Å². The molecule has 0 aliphatic rings. The first-order chi connectivity index (χ1) is 9.13. The number of fused-ring (bicyclic) bond motifs is 1. The summed E-state index contributed by atoms with van der Waals surface area (Å²) in [5.41, 5.74) is 0.245. The molecule has 0 saturated carbocycles. The molecule has 3 nitrogen and oxygen atoms in total. The molecule has 0 saturated heterocycles. The van der Waals surface area contributed by atoms with Gasteiger partial charge in [-0.2, -0.15) is 4.98 Å². The molecule has 3 rings (SSSR count). The second kappa shape index (κ2) is 4.92. The van der Waals surface area contributed by atoms with Crippen molar-refractivity contribution in [3.05, 3.63) is 45.8 Å². The third kappa shape index (κ3) is 2.49. The van der Waals surface area contributed by atoms with E-state index in [1.165, 1.54) is 29.5 Å². The minimum Gasteiger partial charge on any atom is -0.337 e. The van der Waals surface area contributed by atoms with Crippen molar-refractivity contribution >= 4 is 56.3 Å². The summed E-state index contributed by atoms with van der Waals surface area (Å²) in [5.74, 6) is 0.0416. The molecule has 0 aliphatic heterocycles.